The van der Waals surface area contributed by atoms with E-state index < -0.39 is 0 Å². The fraction of sp³-hybridized carbons (Fsp3) is 1.00. The van der Waals surface area contributed by atoms with Crippen LogP contribution in [0.15, 0.2) is 0 Å². The molecule has 0 saturated carbocycles. The van der Waals surface area contributed by atoms with E-state index in [9.17, 15) is 0 Å². The summed E-state index contributed by atoms with van der Waals surface area (Å²) in [4.78, 5) is 0. The first-order valence-corrected chi connectivity index (χ1v) is 8.34. The molecule has 2 aliphatic rings. The number of halogens is 2. The molecule has 0 aromatic rings. The number of hydrogen-bond donors (Lipinski definition) is 0. The Balaban J connectivity index is 0.00000180. The van der Waals surface area contributed by atoms with Crippen LogP contribution >= 0.6 is 0 Å². The van der Waals surface area contributed by atoms with Gasteiger partial charge in [-0.05, 0) is 39.0 Å². The molecule has 0 N–H and O–H groups in total. The first-order chi connectivity index (χ1) is 8.64. The molecule has 2 fully saturated rings. The number of likely N-dealkylation sites (N-methyl/N-ethyl adjacent to an activating group) is 1. The van der Waals surface area contributed by atoms with Crippen LogP contribution in [0.1, 0.15) is 46.5 Å². The van der Waals surface area contributed by atoms with Crippen molar-refractivity contribution in [1.29, 1.82) is 0 Å². The van der Waals surface area contributed by atoms with Gasteiger partial charge in [-0.15, -0.1) is 0 Å². The third-order valence-corrected chi connectivity index (χ3v) is 6.08. The number of rotatable bonds is 2. The average molecular weight is 414 g/mol. The maximum absolute atomic E-state index is 2.46. The third-order valence-electron chi connectivity index (χ3n) is 6.08. The molecule has 2 unspecified atom stereocenters. The summed E-state index contributed by atoms with van der Waals surface area (Å²) in [6.07, 6.45) is 5.87. The van der Waals surface area contributed by atoms with Gasteiger partial charge >= 0.3 is 0 Å². The molecule has 0 bridgehead atoms. The summed E-state index contributed by atoms with van der Waals surface area (Å²) < 4.78 is 2.85. The van der Waals surface area contributed by atoms with Crippen LogP contribution < -0.4 is 34.0 Å². The van der Waals surface area contributed by atoms with Crippen molar-refractivity contribution in [2.24, 2.45) is 5.92 Å². The first kappa shape index (κ1) is 20.9. The highest BCUT2D eigenvalue weighted by atomic mass is 79.9. The number of quaternary nitrogens is 2. The Kier molecular flexibility index (Phi) is 9.52. The van der Waals surface area contributed by atoms with Gasteiger partial charge in [0.25, 0.3) is 0 Å². The van der Waals surface area contributed by atoms with Crippen LogP contribution in [0, 0.1) is 5.92 Å². The van der Waals surface area contributed by atoms with Crippen molar-refractivity contribution in [2.45, 2.75) is 46.5 Å². The molecular formula is C16H34Br2N2. The molecule has 0 amide bonds. The van der Waals surface area contributed by atoms with Crippen LogP contribution in [0.5, 0.6) is 0 Å². The standard InChI is InChI=1S/C16H34N2.2BrH/c1-4-17(5-2)11-7-12-18(15-14-17)10-6-8-16(3)9-13-18;;/h16H,4-15H2,1-3H3;2*1H/q+2;;/p-2. The zero-order valence-electron chi connectivity index (χ0n) is 13.7. The van der Waals surface area contributed by atoms with Crippen LogP contribution in [0.4, 0.5) is 0 Å². The number of nitrogens with zero attached hydrogens (tertiary/aromatic N) is 2. The Labute approximate surface area is 147 Å². The Morgan fingerprint density at radius 1 is 0.750 bits per heavy atom. The second-order valence-electron chi connectivity index (χ2n) is 7.05. The van der Waals surface area contributed by atoms with Crippen LogP contribution in [0.25, 0.3) is 0 Å². The van der Waals surface area contributed by atoms with E-state index in [1.165, 1.54) is 87.0 Å². The van der Waals surface area contributed by atoms with E-state index in [1.54, 1.807) is 0 Å². The van der Waals surface area contributed by atoms with Crippen LogP contribution in [0.2, 0.25) is 0 Å². The molecule has 2 atom stereocenters. The summed E-state index contributed by atoms with van der Waals surface area (Å²) in [5.41, 5.74) is 0. The quantitative estimate of drug-likeness (QED) is 0.420. The van der Waals surface area contributed by atoms with Gasteiger partial charge in [-0.1, -0.05) is 6.92 Å². The lowest BCUT2D eigenvalue weighted by Gasteiger charge is -2.38. The Hall–Kier alpha value is 0.880. The van der Waals surface area contributed by atoms with Crippen LogP contribution in [-0.2, 0) is 0 Å². The van der Waals surface area contributed by atoms with Crippen molar-refractivity contribution in [3.05, 3.63) is 0 Å². The van der Waals surface area contributed by atoms with Crippen molar-refractivity contribution in [3.8, 4) is 0 Å². The molecule has 0 aromatic carbocycles. The van der Waals surface area contributed by atoms with Gasteiger partial charge in [0.1, 0.15) is 13.1 Å². The molecule has 2 saturated heterocycles. The van der Waals surface area contributed by atoms with Gasteiger partial charge in [0, 0.05) is 6.42 Å². The third kappa shape index (κ3) is 4.96. The van der Waals surface area contributed by atoms with E-state index in [4.69, 9.17) is 0 Å². The minimum absolute atomic E-state index is 0. The Morgan fingerprint density at radius 2 is 1.40 bits per heavy atom. The summed E-state index contributed by atoms with van der Waals surface area (Å²) in [5.74, 6) is 0.974. The maximum Gasteiger partial charge on any atom is 0.129 e. The molecule has 4 heteroatoms. The Bertz CT molecular complexity index is 269. The summed E-state index contributed by atoms with van der Waals surface area (Å²) in [5, 5.41) is 0. The van der Waals surface area contributed by atoms with Crippen molar-refractivity contribution >= 4 is 0 Å². The monoisotopic (exact) mass is 412 g/mol. The van der Waals surface area contributed by atoms with Gasteiger partial charge in [-0.25, -0.2) is 0 Å². The lowest BCUT2D eigenvalue weighted by molar-refractivity contribution is -0.962. The molecule has 0 aromatic heterocycles. The lowest BCUT2D eigenvalue weighted by Crippen LogP contribution is -3.00. The van der Waals surface area contributed by atoms with E-state index in [0.717, 1.165) is 5.92 Å². The van der Waals surface area contributed by atoms with Gasteiger partial charge in [-0.3, -0.25) is 0 Å². The summed E-state index contributed by atoms with van der Waals surface area (Å²) >= 11 is 0. The van der Waals surface area contributed by atoms with E-state index in [-0.39, 0.29) is 34.0 Å². The predicted octanol–water partition coefficient (Wildman–Crippen LogP) is -3.11. The molecule has 2 rings (SSSR count). The molecule has 20 heavy (non-hydrogen) atoms. The van der Waals surface area contributed by atoms with Crippen molar-refractivity contribution in [2.75, 3.05) is 52.4 Å². The lowest BCUT2D eigenvalue weighted by atomic mass is 10.0. The van der Waals surface area contributed by atoms with Gasteiger partial charge in [0.2, 0.25) is 0 Å². The maximum atomic E-state index is 2.46. The molecule has 0 radical (unpaired) electrons. The molecule has 2 aliphatic heterocycles. The van der Waals surface area contributed by atoms with E-state index in [0.29, 0.717) is 0 Å². The van der Waals surface area contributed by atoms with Gasteiger partial charge in [0.05, 0.1) is 39.3 Å². The van der Waals surface area contributed by atoms with Gasteiger partial charge in [0.15, 0.2) is 0 Å². The molecular weight excluding hydrogens is 380 g/mol. The number of hydrogen-bond acceptors (Lipinski definition) is 0. The molecule has 1 spiro atoms. The summed E-state index contributed by atoms with van der Waals surface area (Å²) in [6.45, 7) is 18.6. The van der Waals surface area contributed by atoms with Crippen LogP contribution in [0.3, 0.4) is 0 Å². The molecule has 2 nitrogen and oxygen atoms in total. The normalized spacial score (nSPS) is 33.5. The highest BCUT2D eigenvalue weighted by Gasteiger charge is 2.37. The van der Waals surface area contributed by atoms with Crippen molar-refractivity contribution in [1.82, 2.24) is 0 Å². The van der Waals surface area contributed by atoms with E-state index >= 15 is 0 Å². The second kappa shape index (κ2) is 9.12. The highest BCUT2D eigenvalue weighted by molar-refractivity contribution is 4.62. The largest absolute Gasteiger partial charge is 1.00 e. The van der Waals surface area contributed by atoms with Crippen molar-refractivity contribution < 1.29 is 42.9 Å². The highest BCUT2D eigenvalue weighted by Crippen LogP contribution is 2.26. The molecule has 2 heterocycles. The van der Waals surface area contributed by atoms with Gasteiger partial charge < -0.3 is 42.9 Å². The minimum Gasteiger partial charge on any atom is -1.00 e. The first-order valence-electron chi connectivity index (χ1n) is 8.34. The summed E-state index contributed by atoms with van der Waals surface area (Å²) in [6, 6.07) is 0. The zero-order valence-corrected chi connectivity index (χ0v) is 16.9. The topological polar surface area (TPSA) is 0 Å². The van der Waals surface area contributed by atoms with Crippen molar-refractivity contribution in [3.63, 3.8) is 0 Å². The SMILES string of the molecule is CC[N+]1(CC)CCC[N+]2(CCCC(C)CC2)CC1.[Br-].[Br-]. The van der Waals surface area contributed by atoms with Crippen LogP contribution in [-0.4, -0.2) is 61.3 Å². The fourth-order valence-electron chi connectivity index (χ4n) is 4.22. The summed E-state index contributed by atoms with van der Waals surface area (Å²) in [7, 11) is 0. The smallest absolute Gasteiger partial charge is 0.129 e. The van der Waals surface area contributed by atoms with E-state index in [1.807, 2.05) is 0 Å². The van der Waals surface area contributed by atoms with Gasteiger partial charge in [-0.2, -0.15) is 0 Å². The second-order valence-corrected chi connectivity index (χ2v) is 7.05. The predicted molar refractivity (Wildman–Crippen MR) is 78.4 cm³/mol. The van der Waals surface area contributed by atoms with E-state index in [2.05, 4.69) is 20.8 Å². The fourth-order valence-corrected chi connectivity index (χ4v) is 4.22. The average Bonchev–Trinajstić information content (AvgIpc) is 2.68. The molecule has 122 valence electrons. The molecule has 0 aliphatic carbocycles. The zero-order chi connectivity index (χ0) is 13.1. The Morgan fingerprint density at radius 3 is 2.05 bits per heavy atom. The minimum atomic E-state index is 0.